The Morgan fingerprint density at radius 2 is 1.78 bits per heavy atom. The van der Waals surface area contributed by atoms with Crippen LogP contribution >= 0.6 is 0 Å². The molecule has 1 saturated heterocycles. The van der Waals surface area contributed by atoms with Gasteiger partial charge in [0, 0.05) is 18.5 Å². The molecule has 7 nitrogen and oxygen atoms in total. The maximum Gasteiger partial charge on any atom is 0.243 e. The summed E-state index contributed by atoms with van der Waals surface area (Å²) < 4.78 is 0. The fourth-order valence-corrected chi connectivity index (χ4v) is 5.92. The van der Waals surface area contributed by atoms with Gasteiger partial charge in [-0.3, -0.25) is 14.4 Å². The fourth-order valence-electron chi connectivity index (χ4n) is 5.92. The van der Waals surface area contributed by atoms with Crippen LogP contribution in [0.4, 0.5) is 0 Å². The molecule has 1 aliphatic heterocycles. The molecule has 0 radical (unpaired) electrons. The van der Waals surface area contributed by atoms with Gasteiger partial charge in [-0.25, -0.2) is 0 Å². The molecule has 3 amide bonds. The molecular formula is C25H43N3O4. The highest BCUT2D eigenvalue weighted by Gasteiger charge is 2.58. The monoisotopic (exact) mass is 449 g/mol. The first-order valence-corrected chi connectivity index (χ1v) is 11.9. The molecule has 0 aromatic carbocycles. The second-order valence-electron chi connectivity index (χ2n) is 11.4. The summed E-state index contributed by atoms with van der Waals surface area (Å²) in [5.74, 6) is -2.18. The third kappa shape index (κ3) is 5.53. The zero-order valence-electron chi connectivity index (χ0n) is 21.1. The van der Waals surface area contributed by atoms with Crippen LogP contribution in [0.2, 0.25) is 0 Å². The Bertz CT molecular complexity index is 740. The maximum atomic E-state index is 13.7. The number of hydrogen-bond donors (Lipinski definition) is 3. The van der Waals surface area contributed by atoms with E-state index in [0.717, 1.165) is 19.3 Å². The third-order valence-corrected chi connectivity index (χ3v) is 6.66. The molecule has 0 spiro atoms. The minimum absolute atomic E-state index is 0.0192. The minimum Gasteiger partial charge on any atom is -0.394 e. The number of nitrogens with zero attached hydrogens (tertiary/aromatic N) is 1. The van der Waals surface area contributed by atoms with E-state index >= 15 is 0 Å². The number of hydrogen-bond acceptors (Lipinski definition) is 4. The van der Waals surface area contributed by atoms with Gasteiger partial charge in [0.2, 0.25) is 17.7 Å². The van der Waals surface area contributed by atoms with Crippen LogP contribution in [0, 0.1) is 29.1 Å². The predicted octanol–water partition coefficient (Wildman–Crippen LogP) is 2.49. The van der Waals surface area contributed by atoms with Crippen LogP contribution in [0.3, 0.4) is 0 Å². The Balaban J connectivity index is 2.46. The molecule has 7 heteroatoms. The van der Waals surface area contributed by atoms with Crippen LogP contribution in [0.5, 0.6) is 0 Å². The number of aliphatic hydroxyl groups excluding tert-OH is 1. The number of likely N-dealkylation sites (tertiary alicyclic amines) is 1. The van der Waals surface area contributed by atoms with Crippen molar-refractivity contribution in [2.45, 2.75) is 85.4 Å². The van der Waals surface area contributed by atoms with Crippen molar-refractivity contribution in [3.8, 4) is 0 Å². The summed E-state index contributed by atoms with van der Waals surface area (Å²) >= 11 is 0. The van der Waals surface area contributed by atoms with E-state index in [9.17, 15) is 19.5 Å². The Hall–Kier alpha value is -1.89. The molecule has 0 aromatic heterocycles. The molecule has 6 atom stereocenters. The van der Waals surface area contributed by atoms with Crippen molar-refractivity contribution in [2.24, 2.45) is 29.1 Å². The standard InChI is InChI=1S/C25H43N3O4/c1-9-10-16-11-12-17-19(18(16)21(30)26-8)23(32)28(15(2)13-29)20(17)22(31)27-25(6,7)14-24(3,4)5/h11-12,15-20,29H,9-10,13-14H2,1-8H3,(H,26,30)(H,27,31)/t15-,16-,17+,18-,19+,20+/m1/s1. The smallest absolute Gasteiger partial charge is 0.243 e. The summed E-state index contributed by atoms with van der Waals surface area (Å²) in [6.45, 7) is 13.9. The third-order valence-electron chi connectivity index (χ3n) is 6.66. The zero-order chi connectivity index (χ0) is 24.4. The van der Waals surface area contributed by atoms with Gasteiger partial charge in [0.1, 0.15) is 6.04 Å². The highest BCUT2D eigenvalue weighted by atomic mass is 16.3. The minimum atomic E-state index is -0.750. The Morgan fingerprint density at radius 3 is 2.28 bits per heavy atom. The van der Waals surface area contributed by atoms with Gasteiger partial charge in [-0.15, -0.1) is 0 Å². The van der Waals surface area contributed by atoms with Gasteiger partial charge >= 0.3 is 0 Å². The van der Waals surface area contributed by atoms with E-state index in [1.807, 2.05) is 26.0 Å². The van der Waals surface area contributed by atoms with Gasteiger partial charge < -0.3 is 20.6 Å². The van der Waals surface area contributed by atoms with Gasteiger partial charge in [-0.2, -0.15) is 0 Å². The van der Waals surface area contributed by atoms with Crippen molar-refractivity contribution < 1.29 is 19.5 Å². The summed E-state index contributed by atoms with van der Waals surface area (Å²) in [4.78, 5) is 41.7. The highest BCUT2D eigenvalue weighted by molar-refractivity contribution is 5.97. The van der Waals surface area contributed by atoms with Crippen molar-refractivity contribution in [1.29, 1.82) is 0 Å². The molecule has 0 unspecified atom stereocenters. The lowest BCUT2D eigenvalue weighted by atomic mass is 9.68. The number of rotatable bonds is 8. The maximum absolute atomic E-state index is 13.7. The molecule has 182 valence electrons. The number of carbonyl (C=O) groups excluding carboxylic acids is 3. The van der Waals surface area contributed by atoms with E-state index in [-0.39, 0.29) is 35.7 Å². The van der Waals surface area contributed by atoms with Crippen molar-refractivity contribution in [1.82, 2.24) is 15.5 Å². The van der Waals surface area contributed by atoms with E-state index in [0.29, 0.717) is 0 Å². The summed E-state index contributed by atoms with van der Waals surface area (Å²) in [5.41, 5.74) is -0.445. The van der Waals surface area contributed by atoms with Crippen LogP contribution in [-0.4, -0.2) is 59.0 Å². The Labute approximate surface area is 193 Å². The van der Waals surface area contributed by atoms with E-state index < -0.39 is 35.4 Å². The average molecular weight is 450 g/mol. The van der Waals surface area contributed by atoms with Gasteiger partial charge in [0.15, 0.2) is 0 Å². The summed E-state index contributed by atoms with van der Waals surface area (Å²) in [6.07, 6.45) is 6.45. The van der Waals surface area contributed by atoms with Crippen LogP contribution in [0.1, 0.15) is 67.7 Å². The summed E-state index contributed by atoms with van der Waals surface area (Å²) in [6, 6.07) is -1.27. The predicted molar refractivity (Wildman–Crippen MR) is 126 cm³/mol. The molecule has 1 fully saturated rings. The second-order valence-corrected chi connectivity index (χ2v) is 11.4. The number of allylic oxidation sites excluding steroid dienone is 1. The van der Waals surface area contributed by atoms with Crippen molar-refractivity contribution in [2.75, 3.05) is 13.7 Å². The van der Waals surface area contributed by atoms with E-state index in [1.54, 1.807) is 14.0 Å². The lowest BCUT2D eigenvalue weighted by Crippen LogP contribution is -2.56. The summed E-state index contributed by atoms with van der Waals surface area (Å²) in [7, 11) is 1.59. The molecule has 1 aliphatic carbocycles. The number of aliphatic hydroxyl groups is 1. The zero-order valence-corrected chi connectivity index (χ0v) is 21.1. The van der Waals surface area contributed by atoms with Gasteiger partial charge in [-0.1, -0.05) is 46.3 Å². The Morgan fingerprint density at radius 1 is 1.16 bits per heavy atom. The van der Waals surface area contributed by atoms with Gasteiger partial charge in [-0.05, 0) is 44.9 Å². The molecule has 2 rings (SSSR count). The quantitative estimate of drug-likeness (QED) is 0.496. The second kappa shape index (κ2) is 9.94. The van der Waals surface area contributed by atoms with Crippen molar-refractivity contribution >= 4 is 17.7 Å². The first-order chi connectivity index (χ1) is 14.8. The van der Waals surface area contributed by atoms with E-state index in [4.69, 9.17) is 0 Å². The van der Waals surface area contributed by atoms with Crippen LogP contribution in [-0.2, 0) is 14.4 Å². The number of carbonyl (C=O) groups is 3. The van der Waals surface area contributed by atoms with E-state index in [1.165, 1.54) is 4.90 Å². The Kier molecular flexibility index (Phi) is 8.19. The molecule has 2 aliphatic rings. The molecular weight excluding hydrogens is 406 g/mol. The SMILES string of the molecule is CCC[C@@H]1C=C[C@H]2[C@H](C(=O)N([C@H](C)CO)[C@@H]2C(=O)NC(C)(C)CC(C)(C)C)[C@@H]1C(=O)NC. The number of amides is 3. The largest absolute Gasteiger partial charge is 0.394 e. The van der Waals surface area contributed by atoms with E-state index in [2.05, 4.69) is 38.3 Å². The van der Waals surface area contributed by atoms with Crippen molar-refractivity contribution in [3.05, 3.63) is 12.2 Å². The van der Waals surface area contributed by atoms with Gasteiger partial charge in [0.05, 0.1) is 24.5 Å². The number of fused-ring (bicyclic) bond motifs is 1. The molecule has 32 heavy (non-hydrogen) atoms. The first kappa shape index (κ1) is 26.4. The number of nitrogens with one attached hydrogen (secondary N) is 2. The van der Waals surface area contributed by atoms with Crippen molar-refractivity contribution in [3.63, 3.8) is 0 Å². The average Bonchev–Trinajstić information content (AvgIpc) is 2.97. The molecule has 1 heterocycles. The molecule has 0 aromatic rings. The van der Waals surface area contributed by atoms with Crippen LogP contribution in [0.25, 0.3) is 0 Å². The summed E-state index contributed by atoms with van der Waals surface area (Å²) in [5, 5.41) is 15.8. The lowest BCUT2D eigenvalue weighted by molar-refractivity contribution is -0.143. The fraction of sp³-hybridized carbons (Fsp3) is 0.800. The molecule has 3 N–H and O–H groups in total. The normalized spacial score (nSPS) is 29.0. The highest BCUT2D eigenvalue weighted by Crippen LogP contribution is 2.46. The topological polar surface area (TPSA) is 98.7 Å². The first-order valence-electron chi connectivity index (χ1n) is 11.9. The molecule has 0 saturated carbocycles. The van der Waals surface area contributed by atoms with Crippen LogP contribution in [0.15, 0.2) is 12.2 Å². The molecule has 0 bridgehead atoms. The lowest BCUT2D eigenvalue weighted by Gasteiger charge is -2.38. The van der Waals surface area contributed by atoms with Gasteiger partial charge in [0.25, 0.3) is 0 Å². The van der Waals surface area contributed by atoms with Crippen LogP contribution < -0.4 is 10.6 Å².